The Morgan fingerprint density at radius 1 is 1.03 bits per heavy atom. The fraction of sp³-hybridized carbons (Fsp3) is 0.231. The Kier molecular flexibility index (Phi) is 5.76. The number of nitrogens with one attached hydrogen (secondary N) is 1. The van der Waals surface area contributed by atoms with Gasteiger partial charge in [-0.05, 0) is 55.2 Å². The number of rotatable bonds is 6. The van der Waals surface area contributed by atoms with Crippen molar-refractivity contribution in [1.82, 2.24) is 5.32 Å². The molecule has 0 aromatic heterocycles. The van der Waals surface area contributed by atoms with Gasteiger partial charge in [0.1, 0.15) is 0 Å². The maximum atomic E-state index is 13.2. The van der Waals surface area contributed by atoms with Crippen LogP contribution >= 0.6 is 0 Å². The van der Waals surface area contributed by atoms with Crippen LogP contribution in [0, 0.1) is 6.92 Å². The van der Waals surface area contributed by atoms with Crippen molar-refractivity contribution in [2.45, 2.75) is 32.9 Å². The fourth-order valence-electron chi connectivity index (χ4n) is 4.06. The summed E-state index contributed by atoms with van der Waals surface area (Å²) in [4.78, 5) is 26.5. The molecule has 1 heterocycles. The molecule has 0 aliphatic carbocycles. The van der Waals surface area contributed by atoms with Crippen LogP contribution in [0.1, 0.15) is 55.9 Å². The molecular formula is C26H26N2O3. The van der Waals surface area contributed by atoms with Crippen molar-refractivity contribution in [3.8, 4) is 0 Å². The third kappa shape index (κ3) is 4.45. The van der Waals surface area contributed by atoms with Crippen LogP contribution in [0.4, 0.5) is 5.69 Å². The van der Waals surface area contributed by atoms with E-state index in [2.05, 4.69) is 47.5 Å². The number of anilines is 1. The minimum Gasteiger partial charge on any atom is -0.478 e. The molecule has 4 rings (SSSR count). The second-order valence-electron chi connectivity index (χ2n) is 8.09. The highest BCUT2D eigenvalue weighted by atomic mass is 16.4. The second kappa shape index (κ2) is 8.64. The van der Waals surface area contributed by atoms with Crippen LogP contribution in [0.2, 0.25) is 0 Å². The molecule has 0 bridgehead atoms. The first-order chi connectivity index (χ1) is 14.9. The Labute approximate surface area is 182 Å². The lowest BCUT2D eigenvalue weighted by atomic mass is 10.0. The Morgan fingerprint density at radius 2 is 1.74 bits per heavy atom. The van der Waals surface area contributed by atoms with E-state index >= 15 is 0 Å². The van der Waals surface area contributed by atoms with E-state index in [4.69, 9.17) is 5.11 Å². The molecule has 5 nitrogen and oxygen atoms in total. The van der Waals surface area contributed by atoms with Crippen molar-refractivity contribution in [1.29, 1.82) is 0 Å². The van der Waals surface area contributed by atoms with Gasteiger partial charge in [-0.3, -0.25) is 4.79 Å². The summed E-state index contributed by atoms with van der Waals surface area (Å²) in [6.45, 7) is 5.64. The van der Waals surface area contributed by atoms with Crippen LogP contribution in [0.3, 0.4) is 0 Å². The number of amides is 1. The minimum atomic E-state index is -0.961. The van der Waals surface area contributed by atoms with E-state index in [0.717, 1.165) is 30.8 Å². The summed E-state index contributed by atoms with van der Waals surface area (Å²) < 4.78 is 0. The number of para-hydroxylation sites is 1. The number of hydrogen-bond acceptors (Lipinski definition) is 3. The Bertz CT molecular complexity index is 1100. The number of carbonyl (C=O) groups excluding carboxylic acids is 1. The van der Waals surface area contributed by atoms with Gasteiger partial charge in [-0.25, -0.2) is 4.79 Å². The van der Waals surface area contributed by atoms with E-state index in [1.165, 1.54) is 16.7 Å². The first-order valence-corrected chi connectivity index (χ1v) is 10.5. The number of carboxylic acid groups (broad SMARTS) is 1. The van der Waals surface area contributed by atoms with Gasteiger partial charge in [-0.1, -0.05) is 54.1 Å². The quantitative estimate of drug-likeness (QED) is 0.611. The summed E-state index contributed by atoms with van der Waals surface area (Å²) in [7, 11) is 0. The monoisotopic (exact) mass is 414 g/mol. The zero-order valence-electron chi connectivity index (χ0n) is 17.8. The molecule has 5 heteroatoms. The number of carbonyl (C=O) groups is 2. The molecule has 0 saturated heterocycles. The maximum absolute atomic E-state index is 13.2. The number of aryl methyl sites for hydroxylation is 1. The highest BCUT2D eigenvalue weighted by molar-refractivity contribution is 6.01. The van der Waals surface area contributed by atoms with E-state index < -0.39 is 5.97 Å². The van der Waals surface area contributed by atoms with Crippen molar-refractivity contribution in [3.05, 3.63) is 100 Å². The van der Waals surface area contributed by atoms with Crippen LogP contribution in [-0.2, 0) is 13.0 Å². The normalized spacial score (nSPS) is 13.5. The first-order valence-electron chi connectivity index (χ1n) is 10.5. The molecule has 1 aliphatic rings. The summed E-state index contributed by atoms with van der Waals surface area (Å²) in [6.07, 6.45) is 0.925. The van der Waals surface area contributed by atoms with Crippen molar-refractivity contribution in [3.63, 3.8) is 0 Å². The number of aromatic carboxylic acids is 1. The Morgan fingerprint density at radius 3 is 2.42 bits per heavy atom. The van der Waals surface area contributed by atoms with E-state index in [1.807, 2.05) is 19.1 Å². The molecule has 3 aromatic rings. The molecule has 0 spiro atoms. The molecule has 0 radical (unpaired) electrons. The van der Waals surface area contributed by atoms with Crippen LogP contribution in [0.25, 0.3) is 0 Å². The summed E-state index contributed by atoms with van der Waals surface area (Å²) in [6, 6.07) is 20.8. The van der Waals surface area contributed by atoms with Gasteiger partial charge in [-0.2, -0.15) is 0 Å². The lowest BCUT2D eigenvalue weighted by Crippen LogP contribution is -2.29. The number of hydrogen-bond donors (Lipinski definition) is 2. The molecule has 0 saturated carbocycles. The van der Waals surface area contributed by atoms with Crippen molar-refractivity contribution < 1.29 is 14.7 Å². The van der Waals surface area contributed by atoms with Gasteiger partial charge < -0.3 is 15.3 Å². The Hall–Kier alpha value is -3.60. The summed E-state index contributed by atoms with van der Waals surface area (Å²) in [5.74, 6) is -1.08. The molecule has 1 atom stereocenters. The molecule has 0 fully saturated rings. The standard InChI is InChI=1S/C26H26N2O3/c1-17-6-8-19(9-7-17)16-28-15-14-21-4-3-5-23(24(21)28)25(29)27-18(2)20-10-12-22(13-11-20)26(30)31/h3-13,18H,14-16H2,1-2H3,(H,27,29)(H,30,31)/t18-/m0/s1. The smallest absolute Gasteiger partial charge is 0.335 e. The van der Waals surface area contributed by atoms with Crippen molar-refractivity contribution in [2.75, 3.05) is 11.4 Å². The molecule has 0 unspecified atom stereocenters. The minimum absolute atomic E-state index is 0.123. The van der Waals surface area contributed by atoms with Crippen molar-refractivity contribution >= 4 is 17.6 Å². The average Bonchev–Trinajstić information content (AvgIpc) is 3.18. The van der Waals surface area contributed by atoms with Crippen molar-refractivity contribution in [2.24, 2.45) is 0 Å². The predicted molar refractivity (Wildman–Crippen MR) is 122 cm³/mol. The van der Waals surface area contributed by atoms with Crippen LogP contribution < -0.4 is 10.2 Å². The van der Waals surface area contributed by atoms with Gasteiger partial charge in [0, 0.05) is 13.1 Å². The largest absolute Gasteiger partial charge is 0.478 e. The van der Waals surface area contributed by atoms with Crippen LogP contribution in [0.5, 0.6) is 0 Å². The summed E-state index contributed by atoms with van der Waals surface area (Å²) in [5.41, 5.74) is 6.43. The summed E-state index contributed by atoms with van der Waals surface area (Å²) >= 11 is 0. The van der Waals surface area contributed by atoms with Gasteiger partial charge in [0.25, 0.3) is 5.91 Å². The topological polar surface area (TPSA) is 69.6 Å². The molecule has 1 aliphatic heterocycles. The molecule has 2 N–H and O–H groups in total. The maximum Gasteiger partial charge on any atom is 0.335 e. The third-order valence-corrected chi connectivity index (χ3v) is 5.83. The van der Waals surface area contributed by atoms with Crippen LogP contribution in [0.15, 0.2) is 66.7 Å². The van der Waals surface area contributed by atoms with Gasteiger partial charge in [0.05, 0.1) is 22.9 Å². The molecule has 31 heavy (non-hydrogen) atoms. The fourth-order valence-corrected chi connectivity index (χ4v) is 4.06. The number of nitrogens with zero attached hydrogens (tertiary/aromatic N) is 1. The molecule has 158 valence electrons. The molecule has 1 amide bonds. The first kappa shape index (κ1) is 20.7. The second-order valence-corrected chi connectivity index (χ2v) is 8.09. The zero-order valence-corrected chi connectivity index (χ0v) is 17.8. The zero-order chi connectivity index (χ0) is 22.0. The lowest BCUT2D eigenvalue weighted by Gasteiger charge is -2.23. The van der Waals surface area contributed by atoms with Gasteiger partial charge in [0.2, 0.25) is 0 Å². The van der Waals surface area contributed by atoms with E-state index in [-0.39, 0.29) is 17.5 Å². The Balaban J connectivity index is 1.53. The van der Waals surface area contributed by atoms with Crippen LogP contribution in [-0.4, -0.2) is 23.5 Å². The van der Waals surface area contributed by atoms with Gasteiger partial charge in [0.15, 0.2) is 0 Å². The highest BCUT2D eigenvalue weighted by Gasteiger charge is 2.26. The average molecular weight is 415 g/mol. The SMILES string of the molecule is Cc1ccc(CN2CCc3cccc(C(=O)N[C@@H](C)c4ccc(C(=O)O)cc4)c32)cc1. The predicted octanol–water partition coefficient (Wildman–Crippen LogP) is 4.75. The third-order valence-electron chi connectivity index (χ3n) is 5.83. The van der Waals surface area contributed by atoms with Gasteiger partial charge in [-0.15, -0.1) is 0 Å². The summed E-state index contributed by atoms with van der Waals surface area (Å²) in [5, 5.41) is 12.1. The number of carboxylic acids is 1. The molecule has 3 aromatic carbocycles. The highest BCUT2D eigenvalue weighted by Crippen LogP contribution is 2.33. The lowest BCUT2D eigenvalue weighted by molar-refractivity contribution is 0.0696. The van der Waals surface area contributed by atoms with Gasteiger partial charge >= 0.3 is 5.97 Å². The number of benzene rings is 3. The number of fused-ring (bicyclic) bond motifs is 1. The van der Waals surface area contributed by atoms with E-state index in [9.17, 15) is 9.59 Å². The van der Waals surface area contributed by atoms with E-state index in [0.29, 0.717) is 5.56 Å². The van der Waals surface area contributed by atoms with E-state index in [1.54, 1.807) is 24.3 Å². The molecular weight excluding hydrogens is 388 g/mol.